The number of amides is 1. The van der Waals surface area contributed by atoms with Gasteiger partial charge in [0, 0.05) is 44.2 Å². The Balaban J connectivity index is 1.12. The fourth-order valence-electron chi connectivity index (χ4n) is 6.12. The average molecular weight is 423 g/mol. The van der Waals surface area contributed by atoms with Crippen molar-refractivity contribution in [2.24, 2.45) is 0 Å². The third-order valence-electron chi connectivity index (χ3n) is 8.13. The highest BCUT2D eigenvalue weighted by Gasteiger charge is 2.54. The molecule has 2 aliphatic carbocycles. The van der Waals surface area contributed by atoms with E-state index in [4.69, 9.17) is 0 Å². The summed E-state index contributed by atoms with van der Waals surface area (Å²) in [5, 5.41) is 24.0. The Labute approximate surface area is 185 Å². The van der Waals surface area contributed by atoms with E-state index in [2.05, 4.69) is 46.6 Å². The lowest BCUT2D eigenvalue weighted by atomic mass is 9.81. The monoisotopic (exact) mass is 422 g/mol. The number of benzene rings is 1. The normalized spacial score (nSPS) is 29.9. The maximum atomic E-state index is 12.8. The molecule has 2 N–H and O–H groups in total. The van der Waals surface area contributed by atoms with Crippen molar-refractivity contribution in [2.75, 3.05) is 26.2 Å². The maximum Gasteiger partial charge on any atom is 0.254 e. The number of aliphatic hydroxyl groups is 1. The van der Waals surface area contributed by atoms with E-state index in [1.807, 2.05) is 0 Å². The number of nitrogens with one attached hydrogen (secondary N) is 1. The summed E-state index contributed by atoms with van der Waals surface area (Å²) in [5.41, 5.74) is 0.0553. The third kappa shape index (κ3) is 4.00. The van der Waals surface area contributed by atoms with Gasteiger partial charge in [-0.05, 0) is 50.5 Å². The van der Waals surface area contributed by atoms with Crippen molar-refractivity contribution in [2.45, 2.75) is 80.5 Å². The van der Waals surface area contributed by atoms with Gasteiger partial charge in [0.2, 0.25) is 0 Å². The molecule has 4 aliphatic rings. The Hall–Kier alpha value is -1.94. The van der Waals surface area contributed by atoms with E-state index in [9.17, 15) is 15.2 Å². The van der Waals surface area contributed by atoms with E-state index < -0.39 is 5.60 Å². The summed E-state index contributed by atoms with van der Waals surface area (Å²) in [6.07, 6.45) is 6.85. The summed E-state index contributed by atoms with van der Waals surface area (Å²) in [6.45, 7) is 3.10. The molecule has 2 saturated carbocycles. The highest BCUT2D eigenvalue weighted by Crippen LogP contribution is 2.42. The standard InChI is InChI=1S/C25H34N4O2/c26-13-12-24(17-28(18-24)23(30)25(31)10-4-5-11-25)29-14-8-20(9-15-29)27-22-16-21(22)19-6-2-1-3-7-19/h1-3,6-7,20-22,27,31H,4-5,8-12,14-18H2/t21-,22+/m0/s1. The zero-order valence-corrected chi connectivity index (χ0v) is 18.3. The van der Waals surface area contributed by atoms with Crippen molar-refractivity contribution >= 4 is 5.91 Å². The van der Waals surface area contributed by atoms with Crippen LogP contribution in [0, 0.1) is 11.3 Å². The molecule has 4 fully saturated rings. The van der Waals surface area contributed by atoms with Crippen LogP contribution in [0.15, 0.2) is 30.3 Å². The summed E-state index contributed by atoms with van der Waals surface area (Å²) in [4.78, 5) is 17.1. The van der Waals surface area contributed by atoms with Crippen LogP contribution in [0.25, 0.3) is 0 Å². The first kappa shape index (κ1) is 20.9. The Morgan fingerprint density at radius 2 is 1.84 bits per heavy atom. The lowest BCUT2D eigenvalue weighted by Gasteiger charge is -2.57. The molecule has 0 bridgehead atoms. The minimum atomic E-state index is -1.16. The number of nitrogens with zero attached hydrogens (tertiary/aromatic N) is 3. The molecule has 2 atom stereocenters. The first-order chi connectivity index (χ1) is 15.0. The van der Waals surface area contributed by atoms with Crippen LogP contribution in [-0.2, 0) is 4.79 Å². The van der Waals surface area contributed by atoms with E-state index in [1.54, 1.807) is 4.90 Å². The summed E-state index contributed by atoms with van der Waals surface area (Å²) >= 11 is 0. The topological polar surface area (TPSA) is 79.6 Å². The molecule has 166 valence electrons. The quantitative estimate of drug-likeness (QED) is 0.736. The molecule has 1 aromatic carbocycles. The number of rotatable bonds is 6. The largest absolute Gasteiger partial charge is 0.380 e. The van der Waals surface area contributed by atoms with E-state index in [1.165, 1.54) is 12.0 Å². The zero-order chi connectivity index (χ0) is 21.5. The van der Waals surface area contributed by atoms with Crippen molar-refractivity contribution in [3.8, 4) is 6.07 Å². The number of hydrogen-bond donors (Lipinski definition) is 2. The lowest BCUT2D eigenvalue weighted by Crippen LogP contribution is -2.74. The molecule has 6 nitrogen and oxygen atoms in total. The van der Waals surface area contributed by atoms with Gasteiger partial charge in [0.15, 0.2) is 0 Å². The Bertz CT molecular complexity index is 831. The van der Waals surface area contributed by atoms with Crippen LogP contribution in [0.2, 0.25) is 0 Å². The van der Waals surface area contributed by atoms with Crippen LogP contribution < -0.4 is 5.32 Å². The Morgan fingerprint density at radius 3 is 2.48 bits per heavy atom. The molecule has 2 heterocycles. The van der Waals surface area contributed by atoms with Gasteiger partial charge in [-0.15, -0.1) is 0 Å². The predicted molar refractivity (Wildman–Crippen MR) is 118 cm³/mol. The smallest absolute Gasteiger partial charge is 0.254 e. The first-order valence-corrected chi connectivity index (χ1v) is 12.0. The summed E-state index contributed by atoms with van der Waals surface area (Å²) in [5.74, 6) is 0.535. The van der Waals surface area contributed by atoms with Crippen LogP contribution in [0.3, 0.4) is 0 Å². The first-order valence-electron chi connectivity index (χ1n) is 12.0. The van der Waals surface area contributed by atoms with E-state index in [0.717, 1.165) is 38.8 Å². The molecule has 6 heteroatoms. The van der Waals surface area contributed by atoms with Crippen LogP contribution in [-0.4, -0.2) is 70.2 Å². The second-order valence-electron chi connectivity index (χ2n) is 10.2. The van der Waals surface area contributed by atoms with Crippen molar-refractivity contribution < 1.29 is 9.90 Å². The number of carbonyl (C=O) groups excluding carboxylic acids is 1. The lowest BCUT2D eigenvalue weighted by molar-refractivity contribution is -0.166. The van der Waals surface area contributed by atoms with Gasteiger partial charge in [0.1, 0.15) is 5.60 Å². The molecular formula is C25H34N4O2. The van der Waals surface area contributed by atoms with Crippen molar-refractivity contribution in [1.82, 2.24) is 15.1 Å². The van der Waals surface area contributed by atoms with Gasteiger partial charge in [-0.1, -0.05) is 30.3 Å². The van der Waals surface area contributed by atoms with E-state index in [-0.39, 0.29) is 11.4 Å². The predicted octanol–water partition coefficient (Wildman–Crippen LogP) is 2.40. The third-order valence-corrected chi connectivity index (χ3v) is 8.13. The maximum absolute atomic E-state index is 12.8. The number of hydrogen-bond acceptors (Lipinski definition) is 5. The van der Waals surface area contributed by atoms with Gasteiger partial charge in [0.25, 0.3) is 5.91 Å². The minimum absolute atomic E-state index is 0.115. The van der Waals surface area contributed by atoms with Crippen molar-refractivity contribution in [3.05, 3.63) is 35.9 Å². The van der Waals surface area contributed by atoms with Crippen LogP contribution >= 0.6 is 0 Å². The van der Waals surface area contributed by atoms with Crippen molar-refractivity contribution in [1.29, 1.82) is 5.26 Å². The second kappa shape index (κ2) is 8.20. The molecule has 2 saturated heterocycles. The highest BCUT2D eigenvalue weighted by atomic mass is 16.3. The van der Waals surface area contributed by atoms with Gasteiger partial charge in [-0.2, -0.15) is 5.26 Å². The molecule has 0 spiro atoms. The average Bonchev–Trinajstić information content (AvgIpc) is 3.39. The van der Waals surface area contributed by atoms with Crippen molar-refractivity contribution in [3.63, 3.8) is 0 Å². The van der Waals surface area contributed by atoms with Gasteiger partial charge in [-0.25, -0.2) is 0 Å². The van der Waals surface area contributed by atoms with Gasteiger partial charge >= 0.3 is 0 Å². The van der Waals surface area contributed by atoms with Gasteiger partial charge in [0.05, 0.1) is 18.0 Å². The molecule has 31 heavy (non-hydrogen) atoms. The number of piperidine rings is 1. The summed E-state index contributed by atoms with van der Waals surface area (Å²) in [6, 6.07) is 14.3. The SMILES string of the molecule is N#CCC1(N2CCC(N[C@@H]3C[C@H]3c3ccccc3)CC2)CN(C(=O)C2(O)CCCC2)C1. The molecule has 0 radical (unpaired) electrons. The molecule has 1 aromatic rings. The van der Waals surface area contributed by atoms with Crippen LogP contribution in [0.5, 0.6) is 0 Å². The van der Waals surface area contributed by atoms with Crippen LogP contribution in [0.1, 0.15) is 62.8 Å². The fourth-order valence-corrected chi connectivity index (χ4v) is 6.12. The fraction of sp³-hybridized carbons (Fsp3) is 0.680. The molecule has 1 amide bonds. The van der Waals surface area contributed by atoms with Gasteiger partial charge in [-0.3, -0.25) is 9.69 Å². The highest BCUT2D eigenvalue weighted by molar-refractivity contribution is 5.86. The molecule has 5 rings (SSSR count). The second-order valence-corrected chi connectivity index (χ2v) is 10.2. The Kier molecular flexibility index (Phi) is 5.54. The van der Waals surface area contributed by atoms with E-state index >= 15 is 0 Å². The molecule has 0 aromatic heterocycles. The van der Waals surface area contributed by atoms with E-state index in [0.29, 0.717) is 50.4 Å². The zero-order valence-electron chi connectivity index (χ0n) is 18.3. The molecular weight excluding hydrogens is 388 g/mol. The minimum Gasteiger partial charge on any atom is -0.380 e. The summed E-state index contributed by atoms with van der Waals surface area (Å²) < 4.78 is 0. The Morgan fingerprint density at radius 1 is 1.16 bits per heavy atom. The number of carbonyl (C=O) groups is 1. The molecule has 2 aliphatic heterocycles. The molecule has 0 unspecified atom stereocenters. The summed E-state index contributed by atoms with van der Waals surface area (Å²) in [7, 11) is 0. The van der Waals surface area contributed by atoms with Gasteiger partial charge < -0.3 is 15.3 Å². The number of nitriles is 1. The number of likely N-dealkylation sites (tertiary alicyclic amines) is 2. The van der Waals surface area contributed by atoms with Crippen LogP contribution in [0.4, 0.5) is 0 Å².